The van der Waals surface area contributed by atoms with Gasteiger partial charge in [0.05, 0.1) is 13.2 Å². The molecular formula is C24H27N3O2. The van der Waals surface area contributed by atoms with Gasteiger partial charge in [-0.2, -0.15) is 5.26 Å². The van der Waals surface area contributed by atoms with Gasteiger partial charge in [0, 0.05) is 24.5 Å². The first-order chi connectivity index (χ1) is 14.2. The van der Waals surface area contributed by atoms with Gasteiger partial charge in [-0.3, -0.25) is 4.79 Å². The lowest BCUT2D eigenvalue weighted by Crippen LogP contribution is -2.36. The van der Waals surface area contributed by atoms with Crippen LogP contribution in [-0.4, -0.2) is 32.2 Å². The highest BCUT2D eigenvalue weighted by molar-refractivity contribution is 6.09. The second-order valence-corrected chi connectivity index (χ2v) is 7.12. The average Bonchev–Trinajstić information content (AvgIpc) is 2.78. The number of nitrogens with one attached hydrogen (secondary N) is 1. The van der Waals surface area contributed by atoms with Crippen LogP contribution in [0.3, 0.4) is 0 Å². The fourth-order valence-electron chi connectivity index (χ4n) is 3.25. The van der Waals surface area contributed by atoms with E-state index in [1.54, 1.807) is 6.08 Å². The van der Waals surface area contributed by atoms with Gasteiger partial charge in [-0.05, 0) is 54.3 Å². The van der Waals surface area contributed by atoms with E-state index in [0.29, 0.717) is 5.69 Å². The number of carbonyl (C=O) groups excluding carboxylic acids is 1. The van der Waals surface area contributed by atoms with E-state index in [0.717, 1.165) is 56.8 Å². The van der Waals surface area contributed by atoms with Crippen LogP contribution in [0, 0.1) is 11.3 Å². The highest BCUT2D eigenvalue weighted by atomic mass is 16.5. The Labute approximate surface area is 172 Å². The lowest BCUT2D eigenvalue weighted by atomic mass is 10.1. The highest BCUT2D eigenvalue weighted by Gasteiger charge is 2.12. The summed E-state index contributed by atoms with van der Waals surface area (Å²) in [6, 6.07) is 17.7. The van der Waals surface area contributed by atoms with Crippen molar-refractivity contribution in [3.8, 4) is 6.07 Å². The second kappa shape index (κ2) is 10.4. The van der Waals surface area contributed by atoms with Crippen molar-refractivity contribution in [2.75, 3.05) is 36.5 Å². The monoisotopic (exact) mass is 389 g/mol. The van der Waals surface area contributed by atoms with Crippen molar-refractivity contribution in [2.45, 2.75) is 26.2 Å². The van der Waals surface area contributed by atoms with Gasteiger partial charge >= 0.3 is 0 Å². The number of nitriles is 1. The summed E-state index contributed by atoms with van der Waals surface area (Å²) in [4.78, 5) is 14.8. The smallest absolute Gasteiger partial charge is 0.266 e. The fraction of sp³-hybridized carbons (Fsp3) is 0.333. The normalized spacial score (nSPS) is 14.3. The Morgan fingerprint density at radius 1 is 1.14 bits per heavy atom. The molecule has 1 heterocycles. The number of aryl methyl sites for hydroxylation is 1. The third kappa shape index (κ3) is 5.94. The summed E-state index contributed by atoms with van der Waals surface area (Å²) < 4.78 is 5.38. The molecule has 29 heavy (non-hydrogen) atoms. The number of anilines is 2. The second-order valence-electron chi connectivity index (χ2n) is 7.12. The van der Waals surface area contributed by atoms with Crippen LogP contribution in [0.5, 0.6) is 0 Å². The van der Waals surface area contributed by atoms with E-state index in [-0.39, 0.29) is 5.57 Å². The van der Waals surface area contributed by atoms with Crippen LogP contribution in [-0.2, 0) is 16.0 Å². The Hall–Kier alpha value is -3.10. The minimum Gasteiger partial charge on any atom is -0.378 e. The first-order valence-electron chi connectivity index (χ1n) is 10.1. The first kappa shape index (κ1) is 20.6. The molecule has 0 aliphatic carbocycles. The fourth-order valence-corrected chi connectivity index (χ4v) is 3.25. The molecule has 0 aromatic heterocycles. The Balaban J connectivity index is 1.64. The molecule has 0 saturated carbocycles. The number of hydrogen-bond acceptors (Lipinski definition) is 4. The van der Waals surface area contributed by atoms with Crippen LogP contribution in [0.15, 0.2) is 54.1 Å². The molecule has 1 N–H and O–H groups in total. The third-order valence-corrected chi connectivity index (χ3v) is 4.98. The Bertz CT molecular complexity index is 874. The number of hydrogen-bond donors (Lipinski definition) is 1. The van der Waals surface area contributed by atoms with Gasteiger partial charge in [0.1, 0.15) is 11.6 Å². The van der Waals surface area contributed by atoms with Gasteiger partial charge in [0.15, 0.2) is 0 Å². The van der Waals surface area contributed by atoms with Gasteiger partial charge in [0.2, 0.25) is 0 Å². The molecule has 0 spiro atoms. The predicted octanol–water partition coefficient (Wildman–Crippen LogP) is 4.41. The number of benzene rings is 2. The van der Waals surface area contributed by atoms with Crippen LogP contribution in [0.4, 0.5) is 11.4 Å². The van der Waals surface area contributed by atoms with Crippen molar-refractivity contribution < 1.29 is 9.53 Å². The number of unbranched alkanes of at least 4 members (excludes halogenated alkanes) is 1. The Morgan fingerprint density at radius 2 is 1.83 bits per heavy atom. The molecule has 0 unspecified atom stereocenters. The van der Waals surface area contributed by atoms with E-state index in [1.807, 2.05) is 54.6 Å². The number of carbonyl (C=O) groups is 1. The SMILES string of the molecule is CCCCc1ccc(NC(=O)C(C#N)=Cc2ccc(N3CCOCC3)cc2)cc1. The van der Waals surface area contributed by atoms with Crippen molar-refractivity contribution >= 4 is 23.4 Å². The molecule has 5 heteroatoms. The summed E-state index contributed by atoms with van der Waals surface area (Å²) in [5.74, 6) is -0.397. The maximum absolute atomic E-state index is 12.5. The highest BCUT2D eigenvalue weighted by Crippen LogP contribution is 2.19. The van der Waals surface area contributed by atoms with Gasteiger partial charge in [-0.15, -0.1) is 0 Å². The predicted molar refractivity (Wildman–Crippen MR) is 117 cm³/mol. The lowest BCUT2D eigenvalue weighted by molar-refractivity contribution is -0.112. The largest absolute Gasteiger partial charge is 0.378 e. The zero-order valence-corrected chi connectivity index (χ0v) is 16.9. The summed E-state index contributed by atoms with van der Waals surface area (Å²) in [5, 5.41) is 12.2. The quantitative estimate of drug-likeness (QED) is 0.563. The molecule has 2 aromatic carbocycles. The van der Waals surface area contributed by atoms with E-state index in [9.17, 15) is 10.1 Å². The number of ether oxygens (including phenoxy) is 1. The Morgan fingerprint density at radius 3 is 2.45 bits per heavy atom. The van der Waals surface area contributed by atoms with Crippen molar-refractivity contribution in [3.05, 3.63) is 65.2 Å². The van der Waals surface area contributed by atoms with E-state index in [1.165, 1.54) is 5.56 Å². The maximum Gasteiger partial charge on any atom is 0.266 e. The molecule has 2 aromatic rings. The molecule has 150 valence electrons. The molecule has 0 bridgehead atoms. The van der Waals surface area contributed by atoms with Crippen molar-refractivity contribution in [2.24, 2.45) is 0 Å². The number of amides is 1. The van der Waals surface area contributed by atoms with Gasteiger partial charge in [-0.1, -0.05) is 37.6 Å². The zero-order chi connectivity index (χ0) is 20.5. The van der Waals surface area contributed by atoms with E-state index in [4.69, 9.17) is 4.74 Å². The molecule has 1 aliphatic heterocycles. The summed E-state index contributed by atoms with van der Waals surface area (Å²) in [7, 11) is 0. The molecule has 1 fully saturated rings. The van der Waals surface area contributed by atoms with Crippen LogP contribution in [0.1, 0.15) is 30.9 Å². The van der Waals surface area contributed by atoms with Crippen LogP contribution in [0.2, 0.25) is 0 Å². The van der Waals surface area contributed by atoms with Gasteiger partial charge < -0.3 is 15.0 Å². The molecule has 1 amide bonds. The number of rotatable bonds is 7. The van der Waals surface area contributed by atoms with E-state index in [2.05, 4.69) is 17.1 Å². The Kier molecular flexibility index (Phi) is 7.43. The van der Waals surface area contributed by atoms with Crippen LogP contribution in [0.25, 0.3) is 6.08 Å². The van der Waals surface area contributed by atoms with Crippen LogP contribution < -0.4 is 10.2 Å². The molecule has 5 nitrogen and oxygen atoms in total. The molecule has 0 atom stereocenters. The summed E-state index contributed by atoms with van der Waals surface area (Å²) in [6.45, 7) is 5.39. The number of morpholine rings is 1. The molecule has 1 saturated heterocycles. The maximum atomic E-state index is 12.5. The minimum atomic E-state index is -0.397. The number of nitrogens with zero attached hydrogens (tertiary/aromatic N) is 2. The molecule has 3 rings (SSSR count). The van der Waals surface area contributed by atoms with Gasteiger partial charge in [-0.25, -0.2) is 0 Å². The lowest BCUT2D eigenvalue weighted by Gasteiger charge is -2.28. The minimum absolute atomic E-state index is 0.0826. The first-order valence-corrected chi connectivity index (χ1v) is 10.1. The average molecular weight is 389 g/mol. The summed E-state index contributed by atoms with van der Waals surface area (Å²) in [6.07, 6.45) is 4.96. The third-order valence-electron chi connectivity index (χ3n) is 4.98. The zero-order valence-electron chi connectivity index (χ0n) is 16.9. The van der Waals surface area contributed by atoms with E-state index >= 15 is 0 Å². The van der Waals surface area contributed by atoms with Crippen molar-refractivity contribution in [3.63, 3.8) is 0 Å². The molecule has 0 radical (unpaired) electrons. The molecular weight excluding hydrogens is 362 g/mol. The summed E-state index contributed by atoms with van der Waals surface area (Å²) in [5.41, 5.74) is 3.97. The van der Waals surface area contributed by atoms with E-state index < -0.39 is 5.91 Å². The molecule has 1 aliphatic rings. The van der Waals surface area contributed by atoms with Crippen molar-refractivity contribution in [1.29, 1.82) is 5.26 Å². The summed E-state index contributed by atoms with van der Waals surface area (Å²) >= 11 is 0. The standard InChI is InChI=1S/C24H27N3O2/c1-2-3-4-19-5-9-22(10-6-19)26-24(28)21(18-25)17-20-7-11-23(12-8-20)27-13-15-29-16-14-27/h5-12,17H,2-4,13-16H2,1H3,(H,26,28). The topological polar surface area (TPSA) is 65.4 Å². The van der Waals surface area contributed by atoms with Crippen LogP contribution >= 0.6 is 0 Å². The van der Waals surface area contributed by atoms with Crippen molar-refractivity contribution in [1.82, 2.24) is 0 Å². The van der Waals surface area contributed by atoms with Gasteiger partial charge in [0.25, 0.3) is 5.91 Å².